The molecule has 3 N–H and O–H groups in total. The predicted molar refractivity (Wildman–Crippen MR) is 77.6 cm³/mol. The van der Waals surface area contributed by atoms with Crippen LogP contribution in [0.4, 0.5) is 0 Å². The molecule has 2 rings (SSSR count). The predicted octanol–water partition coefficient (Wildman–Crippen LogP) is 1.37. The van der Waals surface area contributed by atoms with Crippen molar-refractivity contribution >= 4 is 9.84 Å². The second kappa shape index (κ2) is 6.03. The number of hydrogen-bond acceptors (Lipinski definition) is 4. The van der Waals surface area contributed by atoms with Gasteiger partial charge in [0.05, 0.1) is 5.75 Å². The van der Waals surface area contributed by atoms with Crippen LogP contribution < -0.4 is 11.3 Å². The third kappa shape index (κ3) is 4.03. The number of hydrogen-bond donors (Lipinski definition) is 2. The number of aryl methyl sites for hydroxylation is 1. The Labute approximate surface area is 115 Å². The van der Waals surface area contributed by atoms with E-state index in [4.69, 9.17) is 5.84 Å². The molecule has 0 spiro atoms. The highest BCUT2D eigenvalue weighted by molar-refractivity contribution is 7.90. The Morgan fingerprint density at radius 3 is 2.84 bits per heavy atom. The molecule has 106 valence electrons. The van der Waals surface area contributed by atoms with Gasteiger partial charge in [0.2, 0.25) is 0 Å². The Hall–Kier alpha value is -0.910. The van der Waals surface area contributed by atoms with Gasteiger partial charge in [-0.3, -0.25) is 11.3 Å². The highest BCUT2D eigenvalue weighted by atomic mass is 32.2. The van der Waals surface area contributed by atoms with E-state index in [1.807, 2.05) is 0 Å². The molecule has 1 aliphatic carbocycles. The zero-order valence-electron chi connectivity index (χ0n) is 11.3. The monoisotopic (exact) mass is 282 g/mol. The van der Waals surface area contributed by atoms with Gasteiger partial charge in [-0.2, -0.15) is 0 Å². The molecule has 1 aromatic carbocycles. The lowest BCUT2D eigenvalue weighted by atomic mass is 9.80. The van der Waals surface area contributed by atoms with Crippen molar-refractivity contribution in [3.63, 3.8) is 0 Å². The zero-order chi connectivity index (χ0) is 13.9. The van der Waals surface area contributed by atoms with Crippen molar-refractivity contribution in [2.75, 3.05) is 12.0 Å². The van der Waals surface area contributed by atoms with Crippen molar-refractivity contribution in [2.45, 2.75) is 37.6 Å². The van der Waals surface area contributed by atoms with Gasteiger partial charge in [0.25, 0.3) is 0 Å². The molecule has 1 aromatic rings. The van der Waals surface area contributed by atoms with Crippen LogP contribution in [0.5, 0.6) is 0 Å². The maximum absolute atomic E-state index is 11.4. The quantitative estimate of drug-likeness (QED) is 0.632. The van der Waals surface area contributed by atoms with E-state index in [0.717, 1.165) is 25.7 Å². The minimum atomic E-state index is -3.01. The lowest BCUT2D eigenvalue weighted by molar-refractivity contribution is 0.435. The fourth-order valence-corrected chi connectivity index (χ4v) is 3.96. The fraction of sp³-hybridized carbons (Fsp3) is 0.571. The number of rotatable bonds is 5. The maximum atomic E-state index is 11.4. The Morgan fingerprint density at radius 1 is 1.42 bits per heavy atom. The fourth-order valence-electron chi connectivity index (χ4n) is 2.99. The highest BCUT2D eigenvalue weighted by Crippen LogP contribution is 2.34. The second-order valence-corrected chi connectivity index (χ2v) is 7.66. The van der Waals surface area contributed by atoms with Crippen LogP contribution in [0.3, 0.4) is 0 Å². The first-order valence-electron chi connectivity index (χ1n) is 6.71. The molecule has 0 saturated carbocycles. The zero-order valence-corrected chi connectivity index (χ0v) is 12.1. The highest BCUT2D eigenvalue weighted by Gasteiger charge is 2.24. The third-order valence-electron chi connectivity index (χ3n) is 3.80. The summed E-state index contributed by atoms with van der Waals surface area (Å²) in [5, 5.41) is 0. The molecule has 0 amide bonds. The summed E-state index contributed by atoms with van der Waals surface area (Å²) in [5.74, 6) is 6.01. The maximum Gasteiger partial charge on any atom is 0.149 e. The van der Waals surface area contributed by atoms with Gasteiger partial charge in [0.1, 0.15) is 9.84 Å². The number of nitrogens with two attached hydrogens (primary N) is 1. The molecule has 0 radical (unpaired) electrons. The van der Waals surface area contributed by atoms with E-state index < -0.39 is 9.84 Å². The molecule has 5 heteroatoms. The molecule has 4 nitrogen and oxygen atoms in total. The summed E-state index contributed by atoms with van der Waals surface area (Å²) in [5.41, 5.74) is 5.42. The smallest absolute Gasteiger partial charge is 0.149 e. The van der Waals surface area contributed by atoms with Crippen LogP contribution in [0.15, 0.2) is 24.3 Å². The van der Waals surface area contributed by atoms with Crippen LogP contribution in [-0.2, 0) is 16.3 Å². The van der Waals surface area contributed by atoms with E-state index in [-0.39, 0.29) is 11.8 Å². The average molecular weight is 282 g/mol. The summed E-state index contributed by atoms with van der Waals surface area (Å²) >= 11 is 0. The molecular formula is C14H22N2O2S. The van der Waals surface area contributed by atoms with Crippen molar-refractivity contribution in [1.29, 1.82) is 0 Å². The number of hydrazine groups is 1. The van der Waals surface area contributed by atoms with Gasteiger partial charge in [-0.1, -0.05) is 24.3 Å². The van der Waals surface area contributed by atoms with Gasteiger partial charge in [0, 0.05) is 12.3 Å². The summed E-state index contributed by atoms with van der Waals surface area (Å²) in [4.78, 5) is 0. The standard InChI is InChI=1S/C14H22N2O2S/c1-19(17,18)10-13(16-15)9-12-7-4-6-11-5-2-3-8-14(11)12/h2-3,5,8,12-13,16H,4,6-7,9-10,15H2,1H3. The van der Waals surface area contributed by atoms with Crippen LogP contribution in [0.2, 0.25) is 0 Å². The SMILES string of the molecule is CS(=O)(=O)CC(CC1CCCc2ccccc21)NN. The minimum absolute atomic E-state index is 0.0994. The van der Waals surface area contributed by atoms with Gasteiger partial charge < -0.3 is 0 Å². The van der Waals surface area contributed by atoms with Crippen LogP contribution in [0.25, 0.3) is 0 Å². The van der Waals surface area contributed by atoms with Gasteiger partial charge in [-0.25, -0.2) is 8.42 Å². The third-order valence-corrected chi connectivity index (χ3v) is 4.81. The molecular weight excluding hydrogens is 260 g/mol. The minimum Gasteiger partial charge on any atom is -0.271 e. The van der Waals surface area contributed by atoms with Crippen molar-refractivity contribution in [3.8, 4) is 0 Å². The Balaban J connectivity index is 2.11. The number of sulfone groups is 1. The molecule has 0 fully saturated rings. The topological polar surface area (TPSA) is 72.2 Å². The number of nitrogens with one attached hydrogen (secondary N) is 1. The summed E-state index contributed by atoms with van der Waals surface area (Å²) in [6.45, 7) is 0. The summed E-state index contributed by atoms with van der Waals surface area (Å²) in [7, 11) is -3.01. The van der Waals surface area contributed by atoms with Crippen LogP contribution in [0, 0.1) is 0 Å². The number of benzene rings is 1. The summed E-state index contributed by atoms with van der Waals surface area (Å²) < 4.78 is 22.8. The Kier molecular flexibility index (Phi) is 4.60. The second-order valence-electron chi connectivity index (χ2n) is 5.48. The van der Waals surface area contributed by atoms with Crippen LogP contribution in [-0.4, -0.2) is 26.5 Å². The van der Waals surface area contributed by atoms with Gasteiger partial charge in [0.15, 0.2) is 0 Å². The Morgan fingerprint density at radius 2 is 2.16 bits per heavy atom. The van der Waals surface area contributed by atoms with Gasteiger partial charge in [-0.15, -0.1) is 0 Å². The molecule has 0 bridgehead atoms. The lowest BCUT2D eigenvalue weighted by Gasteiger charge is -2.28. The van der Waals surface area contributed by atoms with Gasteiger partial charge >= 0.3 is 0 Å². The van der Waals surface area contributed by atoms with E-state index in [0.29, 0.717) is 5.92 Å². The molecule has 0 saturated heterocycles. The van der Waals surface area contributed by atoms with E-state index in [1.165, 1.54) is 17.4 Å². The van der Waals surface area contributed by atoms with E-state index in [9.17, 15) is 8.42 Å². The normalized spacial score (nSPS) is 20.8. The van der Waals surface area contributed by atoms with Crippen molar-refractivity contribution < 1.29 is 8.42 Å². The summed E-state index contributed by atoms with van der Waals surface area (Å²) in [6, 6.07) is 8.27. The van der Waals surface area contributed by atoms with Crippen molar-refractivity contribution in [2.24, 2.45) is 5.84 Å². The molecule has 0 heterocycles. The van der Waals surface area contributed by atoms with Crippen molar-refractivity contribution in [1.82, 2.24) is 5.43 Å². The van der Waals surface area contributed by atoms with Gasteiger partial charge in [-0.05, 0) is 42.7 Å². The molecule has 0 aliphatic heterocycles. The van der Waals surface area contributed by atoms with E-state index in [1.54, 1.807) is 0 Å². The largest absolute Gasteiger partial charge is 0.271 e. The average Bonchev–Trinajstić information content (AvgIpc) is 2.37. The molecule has 2 atom stereocenters. The lowest BCUT2D eigenvalue weighted by Crippen LogP contribution is -2.41. The molecule has 19 heavy (non-hydrogen) atoms. The Bertz CT molecular complexity index is 528. The number of fused-ring (bicyclic) bond motifs is 1. The first kappa shape index (κ1) is 14.5. The molecule has 2 unspecified atom stereocenters. The van der Waals surface area contributed by atoms with Crippen LogP contribution >= 0.6 is 0 Å². The first-order chi connectivity index (χ1) is 8.99. The summed E-state index contributed by atoms with van der Waals surface area (Å²) in [6.07, 6.45) is 5.43. The molecule has 0 aromatic heterocycles. The first-order valence-corrected chi connectivity index (χ1v) is 8.77. The van der Waals surface area contributed by atoms with E-state index in [2.05, 4.69) is 29.7 Å². The van der Waals surface area contributed by atoms with Crippen LogP contribution in [0.1, 0.15) is 36.3 Å². The molecule has 1 aliphatic rings. The van der Waals surface area contributed by atoms with Crippen molar-refractivity contribution in [3.05, 3.63) is 35.4 Å². The van der Waals surface area contributed by atoms with E-state index >= 15 is 0 Å².